The van der Waals surface area contributed by atoms with Gasteiger partial charge in [-0.15, -0.1) is 0 Å². The van der Waals surface area contributed by atoms with E-state index in [1.54, 1.807) is 10.9 Å². The molecule has 4 aromatic rings. The minimum absolute atomic E-state index is 0.00582. The van der Waals surface area contributed by atoms with Gasteiger partial charge in [0.15, 0.2) is 0 Å². The molecule has 15 heteroatoms. The normalized spacial score (nSPS) is 20.4. The van der Waals surface area contributed by atoms with Gasteiger partial charge in [-0.25, -0.2) is 9.37 Å². The second kappa shape index (κ2) is 10.8. The summed E-state index contributed by atoms with van der Waals surface area (Å²) < 4.78 is 72.0. The molecule has 0 radical (unpaired) electrons. The summed E-state index contributed by atoms with van der Waals surface area (Å²) in [5.74, 6) is -2.33. The molecular weight excluding hydrogens is 646 g/mol. The zero-order valence-corrected chi connectivity index (χ0v) is 25.6. The molecule has 2 aliphatic carbocycles. The minimum Gasteiger partial charge on any atom is -0.489 e. The Bertz CT molecular complexity index is 1960. The number of nitrogens with one attached hydrogen (secondary N) is 1. The summed E-state index contributed by atoms with van der Waals surface area (Å²) in [7, 11) is 0. The van der Waals surface area contributed by atoms with Gasteiger partial charge in [0.05, 0.1) is 29.4 Å². The number of ether oxygens (including phenoxy) is 2. The molecule has 2 amide bonds. The third-order valence-corrected chi connectivity index (χ3v) is 9.09. The number of nitrogens with two attached hydrogens (primary N) is 1. The smallest absolute Gasteiger partial charge is 0.424 e. The van der Waals surface area contributed by atoms with Crippen molar-refractivity contribution in [3.8, 4) is 22.8 Å². The van der Waals surface area contributed by atoms with E-state index in [4.69, 9.17) is 26.8 Å². The molecule has 1 unspecified atom stereocenters. The molecule has 2 fully saturated rings. The van der Waals surface area contributed by atoms with Crippen LogP contribution in [0.1, 0.15) is 60.3 Å². The van der Waals surface area contributed by atoms with Gasteiger partial charge in [0.1, 0.15) is 40.5 Å². The number of hydrogen-bond donors (Lipinski definition) is 3. The lowest BCUT2D eigenvalue weighted by atomic mass is 9.81. The van der Waals surface area contributed by atoms with Crippen molar-refractivity contribution < 1.29 is 41.7 Å². The summed E-state index contributed by atoms with van der Waals surface area (Å²) in [5.41, 5.74) is -0.379. The van der Waals surface area contributed by atoms with E-state index in [-0.39, 0.29) is 51.9 Å². The first-order chi connectivity index (χ1) is 22.2. The second-order valence-corrected chi connectivity index (χ2v) is 12.9. The van der Waals surface area contributed by atoms with Gasteiger partial charge in [0.25, 0.3) is 5.91 Å². The van der Waals surface area contributed by atoms with Crippen LogP contribution in [0.4, 0.5) is 17.6 Å². The van der Waals surface area contributed by atoms with Crippen molar-refractivity contribution in [3.05, 3.63) is 70.3 Å². The molecule has 7 rings (SSSR count). The van der Waals surface area contributed by atoms with Crippen LogP contribution in [0, 0.1) is 5.82 Å². The molecule has 246 valence electrons. The number of nitrogens with zero attached hydrogens (tertiary/aromatic N) is 3. The highest BCUT2D eigenvalue weighted by Crippen LogP contribution is 2.48. The molecule has 2 saturated carbocycles. The number of benzene rings is 2. The standard InChI is InChI=1S/C32H28ClF4N5O5/c1-30(29(38)44)14-46-27-20(30)11-24(40-26(27)15-2-7-22(34)21(33)9-15)31(45,32(35,36)37)13-39-28(43)16-8-17-12-42(18-3-4-18)41-25(17)23(10-16)47-19-5-6-19/h2,7-12,18-19,45H,3-6,13-14H2,1H3,(H2,38,44)(H,39,43)/t30-,31?/m0/s1. The Balaban J connectivity index is 1.27. The van der Waals surface area contributed by atoms with E-state index in [2.05, 4.69) is 15.4 Å². The van der Waals surface area contributed by atoms with E-state index in [1.807, 2.05) is 0 Å². The van der Waals surface area contributed by atoms with Crippen LogP contribution in [-0.4, -0.2) is 57.1 Å². The number of hydrogen-bond acceptors (Lipinski definition) is 7. The molecule has 2 atom stereocenters. The number of alkyl halides is 3. The summed E-state index contributed by atoms with van der Waals surface area (Å²) in [6, 6.07) is 7.39. The van der Waals surface area contributed by atoms with Crippen molar-refractivity contribution in [2.45, 2.75) is 61.9 Å². The van der Waals surface area contributed by atoms with Crippen LogP contribution in [0.2, 0.25) is 5.02 Å². The van der Waals surface area contributed by atoms with Crippen LogP contribution >= 0.6 is 11.6 Å². The van der Waals surface area contributed by atoms with Crippen molar-refractivity contribution in [1.29, 1.82) is 0 Å². The highest BCUT2D eigenvalue weighted by molar-refractivity contribution is 6.31. The Kier molecular flexibility index (Phi) is 7.17. The Hall–Kier alpha value is -4.43. The van der Waals surface area contributed by atoms with E-state index >= 15 is 0 Å². The fourth-order valence-electron chi connectivity index (χ4n) is 5.52. The molecule has 2 aromatic heterocycles. The lowest BCUT2D eigenvalue weighted by molar-refractivity contribution is -0.265. The molecule has 0 spiro atoms. The van der Waals surface area contributed by atoms with E-state index in [1.165, 1.54) is 25.1 Å². The number of aromatic nitrogens is 3. The molecule has 0 bridgehead atoms. The van der Waals surface area contributed by atoms with Crippen LogP contribution in [0.5, 0.6) is 11.5 Å². The number of carbonyl (C=O) groups excluding carboxylic acids is 2. The van der Waals surface area contributed by atoms with Crippen molar-refractivity contribution in [2.24, 2.45) is 5.73 Å². The van der Waals surface area contributed by atoms with Gasteiger partial charge in [0.2, 0.25) is 11.5 Å². The fraction of sp³-hybridized carbons (Fsp3) is 0.375. The SMILES string of the molecule is C[C@]1(C(N)=O)COc2c1cc(C(O)(CNC(=O)c1cc(OC3CC3)c3nn(C4CC4)cc3c1)C(F)(F)F)nc2-c1ccc(F)c(Cl)c1. The highest BCUT2D eigenvalue weighted by atomic mass is 35.5. The van der Waals surface area contributed by atoms with Gasteiger partial charge in [-0.2, -0.15) is 18.3 Å². The summed E-state index contributed by atoms with van der Waals surface area (Å²) in [4.78, 5) is 30.0. The van der Waals surface area contributed by atoms with Gasteiger partial charge in [-0.1, -0.05) is 11.6 Å². The topological polar surface area (TPSA) is 142 Å². The first-order valence-electron chi connectivity index (χ1n) is 14.9. The number of primary amides is 1. The van der Waals surface area contributed by atoms with Gasteiger partial charge in [-0.05, 0) is 69.0 Å². The maximum absolute atomic E-state index is 14.8. The van der Waals surface area contributed by atoms with Crippen LogP contribution < -0.4 is 20.5 Å². The van der Waals surface area contributed by atoms with Crippen molar-refractivity contribution in [3.63, 3.8) is 0 Å². The van der Waals surface area contributed by atoms with E-state index in [9.17, 15) is 32.3 Å². The molecule has 3 aliphatic rings. The van der Waals surface area contributed by atoms with Crippen LogP contribution in [0.15, 0.2) is 42.6 Å². The van der Waals surface area contributed by atoms with Crippen molar-refractivity contribution >= 4 is 34.3 Å². The summed E-state index contributed by atoms with van der Waals surface area (Å²) in [5, 5.41) is 18.4. The number of aliphatic hydroxyl groups is 1. The van der Waals surface area contributed by atoms with E-state index in [0.29, 0.717) is 16.7 Å². The summed E-state index contributed by atoms with van der Waals surface area (Å²) in [6.45, 7) is -0.294. The number of halogens is 5. The maximum atomic E-state index is 14.8. The van der Waals surface area contributed by atoms with E-state index < -0.39 is 47.1 Å². The summed E-state index contributed by atoms with van der Waals surface area (Å²) >= 11 is 5.96. The molecule has 4 N–H and O–H groups in total. The number of carbonyl (C=O) groups is 2. The lowest BCUT2D eigenvalue weighted by Gasteiger charge is -2.31. The zero-order chi connectivity index (χ0) is 33.5. The molecule has 3 heterocycles. The third kappa shape index (κ3) is 5.42. The molecule has 47 heavy (non-hydrogen) atoms. The van der Waals surface area contributed by atoms with Crippen LogP contribution in [-0.2, 0) is 15.8 Å². The molecule has 1 aliphatic heterocycles. The minimum atomic E-state index is -5.38. The summed E-state index contributed by atoms with van der Waals surface area (Å²) in [6.07, 6.45) is -0.0491. The number of rotatable bonds is 9. The second-order valence-electron chi connectivity index (χ2n) is 12.5. The van der Waals surface area contributed by atoms with Gasteiger partial charge >= 0.3 is 6.18 Å². The Labute approximate surface area is 269 Å². The van der Waals surface area contributed by atoms with E-state index in [0.717, 1.165) is 43.9 Å². The highest BCUT2D eigenvalue weighted by Gasteiger charge is 2.57. The van der Waals surface area contributed by atoms with Crippen LogP contribution in [0.25, 0.3) is 22.2 Å². The average molecular weight is 674 g/mol. The van der Waals surface area contributed by atoms with Crippen molar-refractivity contribution in [2.75, 3.05) is 13.2 Å². The van der Waals surface area contributed by atoms with Gasteiger partial charge < -0.3 is 25.6 Å². The third-order valence-electron chi connectivity index (χ3n) is 8.80. The largest absolute Gasteiger partial charge is 0.489 e. The Morgan fingerprint density at radius 1 is 1.19 bits per heavy atom. The first-order valence-corrected chi connectivity index (χ1v) is 15.3. The molecular formula is C32H28ClF4N5O5. The predicted octanol–water partition coefficient (Wildman–Crippen LogP) is 5.08. The monoisotopic (exact) mass is 673 g/mol. The number of fused-ring (bicyclic) bond motifs is 2. The number of amides is 2. The fourth-order valence-corrected chi connectivity index (χ4v) is 5.70. The van der Waals surface area contributed by atoms with Crippen LogP contribution in [0.3, 0.4) is 0 Å². The Morgan fingerprint density at radius 3 is 2.57 bits per heavy atom. The lowest BCUT2D eigenvalue weighted by Crippen LogP contribution is -2.51. The predicted molar refractivity (Wildman–Crippen MR) is 161 cm³/mol. The van der Waals surface area contributed by atoms with Gasteiger partial charge in [0, 0.05) is 28.3 Å². The maximum Gasteiger partial charge on any atom is 0.424 e. The van der Waals surface area contributed by atoms with Crippen molar-refractivity contribution in [1.82, 2.24) is 20.1 Å². The number of pyridine rings is 1. The molecule has 2 aromatic carbocycles. The first kappa shape index (κ1) is 31.2. The quantitative estimate of drug-likeness (QED) is 0.210. The average Bonchev–Trinajstić information content (AvgIpc) is 3.96. The molecule has 10 nitrogen and oxygen atoms in total. The molecule has 0 saturated heterocycles. The Morgan fingerprint density at radius 2 is 1.94 bits per heavy atom. The zero-order valence-electron chi connectivity index (χ0n) is 24.8. The van der Waals surface area contributed by atoms with Gasteiger partial charge in [-0.3, -0.25) is 14.3 Å².